The number of benzene rings is 2. The van der Waals surface area contributed by atoms with Crippen molar-refractivity contribution in [3.63, 3.8) is 0 Å². The molecule has 2 aliphatic carbocycles. The van der Waals surface area contributed by atoms with Crippen LogP contribution in [0.25, 0.3) is 0 Å². The van der Waals surface area contributed by atoms with Gasteiger partial charge in [-0.2, -0.15) is 0 Å². The summed E-state index contributed by atoms with van der Waals surface area (Å²) in [6.45, 7) is 0.734. The minimum absolute atomic E-state index is 0.00981. The van der Waals surface area contributed by atoms with Gasteiger partial charge in [0.05, 0.1) is 4.90 Å². The van der Waals surface area contributed by atoms with Crippen LogP contribution in [0.2, 0.25) is 0 Å². The van der Waals surface area contributed by atoms with E-state index in [1.807, 2.05) is 18.3 Å². The average Bonchev–Trinajstić information content (AvgIpc) is 3.07. The van der Waals surface area contributed by atoms with Crippen LogP contribution in [0.3, 0.4) is 0 Å². The summed E-state index contributed by atoms with van der Waals surface area (Å²) in [7, 11) is -3.50. The van der Waals surface area contributed by atoms with Crippen molar-refractivity contribution in [3.8, 4) is 0 Å². The van der Waals surface area contributed by atoms with Crippen LogP contribution < -0.4 is 10.0 Å². The van der Waals surface area contributed by atoms with Crippen molar-refractivity contribution in [1.29, 1.82) is 0 Å². The number of nitrogens with zero attached hydrogens (tertiary/aromatic N) is 1. The van der Waals surface area contributed by atoms with E-state index >= 15 is 0 Å². The Balaban J connectivity index is 1.32. The fraction of sp³-hybridized carbons (Fsp3) is 0.320. The number of hydrogen-bond donors (Lipinski definition) is 2. The predicted molar refractivity (Wildman–Crippen MR) is 122 cm³/mol. The minimum atomic E-state index is -3.50. The van der Waals surface area contributed by atoms with Crippen molar-refractivity contribution < 1.29 is 8.42 Å². The molecule has 1 aromatic heterocycles. The molecule has 0 radical (unpaired) electrons. The Hall–Kier alpha value is -2.70. The Kier molecular flexibility index (Phi) is 5.50. The zero-order valence-electron chi connectivity index (χ0n) is 17.4. The third-order valence-corrected chi connectivity index (χ3v) is 8.13. The third kappa shape index (κ3) is 4.36. The number of fused-ring (bicyclic) bond motifs is 3. The van der Waals surface area contributed by atoms with Crippen LogP contribution in [-0.4, -0.2) is 19.4 Å². The normalized spacial score (nSPS) is 22.5. The Labute approximate surface area is 184 Å². The highest BCUT2D eigenvalue weighted by molar-refractivity contribution is 7.89. The average molecular weight is 434 g/mol. The van der Waals surface area contributed by atoms with Gasteiger partial charge in [-0.05, 0) is 84.5 Å². The number of aromatic nitrogens is 1. The van der Waals surface area contributed by atoms with E-state index < -0.39 is 10.0 Å². The Bertz CT molecular complexity index is 1150. The van der Waals surface area contributed by atoms with E-state index in [0.29, 0.717) is 16.7 Å². The molecule has 0 aliphatic heterocycles. The Morgan fingerprint density at radius 1 is 0.903 bits per heavy atom. The molecule has 3 aromatic rings. The molecule has 3 atom stereocenters. The van der Waals surface area contributed by atoms with E-state index in [9.17, 15) is 8.42 Å². The number of sulfonamides is 1. The largest absolute Gasteiger partial charge is 0.381 e. The molecular weight excluding hydrogens is 406 g/mol. The van der Waals surface area contributed by atoms with E-state index in [1.54, 1.807) is 30.5 Å². The number of hydrogen-bond acceptors (Lipinski definition) is 4. The number of nitrogens with one attached hydrogen (secondary N) is 2. The molecule has 0 spiro atoms. The Morgan fingerprint density at radius 2 is 1.68 bits per heavy atom. The highest BCUT2D eigenvalue weighted by Gasteiger charge is 2.41. The van der Waals surface area contributed by atoms with Crippen LogP contribution >= 0.6 is 0 Å². The molecule has 1 fully saturated rings. The quantitative estimate of drug-likeness (QED) is 0.612. The third-order valence-electron chi connectivity index (χ3n) is 6.66. The van der Waals surface area contributed by atoms with E-state index in [2.05, 4.69) is 39.3 Å². The maximum atomic E-state index is 13.0. The van der Waals surface area contributed by atoms with Crippen LogP contribution in [0.5, 0.6) is 0 Å². The summed E-state index contributed by atoms with van der Waals surface area (Å²) in [6, 6.07) is 19.3. The van der Waals surface area contributed by atoms with Gasteiger partial charge in [0.1, 0.15) is 0 Å². The maximum Gasteiger partial charge on any atom is 0.240 e. The molecule has 2 bridgehead atoms. The van der Waals surface area contributed by atoms with E-state index in [-0.39, 0.29) is 6.04 Å². The first-order valence-electron chi connectivity index (χ1n) is 10.9. The summed E-state index contributed by atoms with van der Waals surface area (Å²) in [5.74, 6) is 0.678. The number of rotatable bonds is 6. The van der Waals surface area contributed by atoms with Gasteiger partial charge in [-0.15, -0.1) is 0 Å². The van der Waals surface area contributed by atoms with Crippen molar-refractivity contribution in [2.24, 2.45) is 11.8 Å². The maximum absolute atomic E-state index is 13.0. The van der Waals surface area contributed by atoms with Gasteiger partial charge in [0.25, 0.3) is 0 Å². The topological polar surface area (TPSA) is 71.1 Å². The number of pyridine rings is 1. The second-order valence-corrected chi connectivity index (χ2v) is 10.4. The smallest absolute Gasteiger partial charge is 0.240 e. The van der Waals surface area contributed by atoms with Gasteiger partial charge in [-0.1, -0.05) is 30.3 Å². The van der Waals surface area contributed by atoms with Crippen molar-refractivity contribution in [1.82, 2.24) is 9.71 Å². The lowest BCUT2D eigenvalue weighted by atomic mass is 9.93. The molecular formula is C25H27N3O2S. The lowest BCUT2D eigenvalue weighted by molar-refractivity contribution is 0.386. The molecule has 0 saturated heterocycles. The van der Waals surface area contributed by atoms with Gasteiger partial charge in [0.2, 0.25) is 10.0 Å². The summed E-state index contributed by atoms with van der Waals surface area (Å²) in [4.78, 5) is 4.51. The van der Waals surface area contributed by atoms with Gasteiger partial charge in [0, 0.05) is 30.7 Å². The van der Waals surface area contributed by atoms with Gasteiger partial charge in [0.15, 0.2) is 0 Å². The molecule has 5 rings (SSSR count). The SMILES string of the molecule is O=S(=O)(NC1C2CCC1Cc1cc(NCc3cccnc3)ccc1C2)c1ccccc1. The lowest BCUT2D eigenvalue weighted by Gasteiger charge is -2.23. The first-order chi connectivity index (χ1) is 15.1. The fourth-order valence-electron chi connectivity index (χ4n) is 5.07. The first-order valence-corrected chi connectivity index (χ1v) is 12.4. The zero-order chi connectivity index (χ0) is 21.3. The van der Waals surface area contributed by atoms with Gasteiger partial charge < -0.3 is 5.32 Å². The summed E-state index contributed by atoms with van der Waals surface area (Å²) in [5, 5.41) is 3.49. The monoisotopic (exact) mass is 433 g/mol. The van der Waals surface area contributed by atoms with Crippen molar-refractivity contribution in [2.45, 2.75) is 43.2 Å². The molecule has 1 heterocycles. The van der Waals surface area contributed by atoms with Gasteiger partial charge >= 0.3 is 0 Å². The van der Waals surface area contributed by atoms with Gasteiger partial charge in [-0.25, -0.2) is 13.1 Å². The first kappa shape index (κ1) is 20.2. The molecule has 0 amide bonds. The standard InChI is InChI=1S/C25H27N3O2S/c29-31(30,24-6-2-1-3-7-24)28-25-20-8-9-21(25)14-22-15-23(11-10-19(22)13-20)27-17-18-5-4-12-26-16-18/h1-7,10-12,15-16,20-21,25,27-28H,8-9,13-14,17H2. The Morgan fingerprint density at radius 3 is 2.42 bits per heavy atom. The molecule has 31 heavy (non-hydrogen) atoms. The number of anilines is 1. The van der Waals surface area contributed by atoms with Crippen LogP contribution in [0.15, 0.2) is 78.0 Å². The molecule has 160 valence electrons. The highest BCUT2D eigenvalue weighted by Crippen LogP contribution is 2.41. The van der Waals surface area contributed by atoms with E-state index in [1.165, 1.54) is 11.1 Å². The molecule has 2 aromatic carbocycles. The fourth-order valence-corrected chi connectivity index (χ4v) is 6.46. The highest BCUT2D eigenvalue weighted by atomic mass is 32.2. The van der Waals surface area contributed by atoms with E-state index in [4.69, 9.17) is 0 Å². The van der Waals surface area contributed by atoms with E-state index in [0.717, 1.165) is 43.5 Å². The van der Waals surface area contributed by atoms with Crippen LogP contribution in [0.4, 0.5) is 5.69 Å². The molecule has 5 nitrogen and oxygen atoms in total. The minimum Gasteiger partial charge on any atom is -0.381 e. The summed E-state index contributed by atoms with van der Waals surface area (Å²) < 4.78 is 29.0. The second-order valence-electron chi connectivity index (χ2n) is 8.66. The van der Waals surface area contributed by atoms with Crippen molar-refractivity contribution >= 4 is 15.7 Å². The van der Waals surface area contributed by atoms with Gasteiger partial charge in [-0.3, -0.25) is 4.98 Å². The zero-order valence-corrected chi connectivity index (χ0v) is 18.2. The van der Waals surface area contributed by atoms with Crippen molar-refractivity contribution in [2.75, 3.05) is 5.32 Å². The molecule has 2 aliphatic rings. The second kappa shape index (κ2) is 8.44. The summed E-state index contributed by atoms with van der Waals surface area (Å²) in [6.07, 6.45) is 7.64. The molecule has 1 saturated carbocycles. The molecule has 2 N–H and O–H groups in total. The summed E-state index contributed by atoms with van der Waals surface area (Å²) >= 11 is 0. The predicted octanol–water partition coefficient (Wildman–Crippen LogP) is 4.17. The molecule has 6 heteroatoms. The van der Waals surface area contributed by atoms with Crippen LogP contribution in [-0.2, 0) is 29.4 Å². The van der Waals surface area contributed by atoms with Crippen LogP contribution in [0, 0.1) is 11.8 Å². The lowest BCUT2D eigenvalue weighted by Crippen LogP contribution is -2.41. The summed E-state index contributed by atoms with van der Waals surface area (Å²) in [5.41, 5.74) is 4.93. The van der Waals surface area contributed by atoms with Crippen LogP contribution in [0.1, 0.15) is 29.5 Å². The molecule has 3 unspecified atom stereocenters. The van der Waals surface area contributed by atoms with Crippen molar-refractivity contribution in [3.05, 3.63) is 89.7 Å².